The zero-order valence-electron chi connectivity index (χ0n) is 18.3. The number of carbonyl (C=O) groups excluding carboxylic acids is 1. The van der Waals surface area contributed by atoms with Crippen molar-refractivity contribution in [3.8, 4) is 33.1 Å². The average molecular weight is 485 g/mol. The molecule has 0 aromatic carbocycles. The highest BCUT2D eigenvalue weighted by Gasteiger charge is 2.18. The molecule has 0 bridgehead atoms. The van der Waals surface area contributed by atoms with Crippen molar-refractivity contribution in [3.05, 3.63) is 60.3 Å². The van der Waals surface area contributed by atoms with Crippen LogP contribution in [0.15, 0.2) is 55.1 Å². The van der Waals surface area contributed by atoms with Crippen LogP contribution in [-0.2, 0) is 4.79 Å². The number of imidazole rings is 1. The smallest absolute Gasteiger partial charge is 0.224 e. The van der Waals surface area contributed by atoms with Crippen molar-refractivity contribution in [1.29, 1.82) is 0 Å². The lowest BCUT2D eigenvalue weighted by atomic mass is 10.1. The molecule has 0 atom stereocenters. The molecule has 0 spiro atoms. The van der Waals surface area contributed by atoms with Crippen molar-refractivity contribution >= 4 is 45.1 Å². The van der Waals surface area contributed by atoms with Gasteiger partial charge in [-0.05, 0) is 30.3 Å². The molecule has 172 valence electrons. The number of hydrogen-bond acceptors (Lipinski definition) is 7. The van der Waals surface area contributed by atoms with Crippen LogP contribution in [-0.4, -0.2) is 41.0 Å². The van der Waals surface area contributed by atoms with Crippen molar-refractivity contribution in [3.63, 3.8) is 0 Å². The molecule has 6 aromatic heterocycles. The van der Waals surface area contributed by atoms with Gasteiger partial charge < -0.3 is 10.3 Å². The summed E-state index contributed by atoms with van der Waals surface area (Å²) in [6.45, 7) is 1.79. The average Bonchev–Trinajstić information content (AvgIpc) is 3.61. The van der Waals surface area contributed by atoms with Gasteiger partial charge in [0.15, 0.2) is 22.2 Å². The molecule has 11 heteroatoms. The molecular weight excluding hydrogens is 467 g/mol. The number of anilines is 1. The number of carbonyl (C=O) groups is 1. The predicted molar refractivity (Wildman–Crippen MR) is 132 cm³/mol. The summed E-state index contributed by atoms with van der Waals surface area (Å²) in [7, 11) is 0. The zero-order chi connectivity index (χ0) is 23.9. The molecule has 6 heterocycles. The maximum Gasteiger partial charge on any atom is 0.224 e. The second-order valence-corrected chi connectivity index (χ2v) is 8.84. The molecule has 35 heavy (non-hydrogen) atoms. The number of nitrogens with one attached hydrogen (secondary N) is 3. The van der Waals surface area contributed by atoms with Crippen molar-refractivity contribution in [2.75, 3.05) is 5.32 Å². The number of H-pyrrole nitrogens is 2. The Morgan fingerprint density at radius 2 is 1.97 bits per heavy atom. The topological polar surface area (TPSA) is 125 Å². The highest BCUT2D eigenvalue weighted by Crippen LogP contribution is 2.34. The van der Waals surface area contributed by atoms with Crippen LogP contribution in [0.5, 0.6) is 0 Å². The predicted octanol–water partition coefficient (Wildman–Crippen LogP) is 5.17. The van der Waals surface area contributed by atoms with Crippen molar-refractivity contribution in [1.82, 2.24) is 35.1 Å². The van der Waals surface area contributed by atoms with Crippen LogP contribution in [0, 0.1) is 5.13 Å². The van der Waals surface area contributed by atoms with Gasteiger partial charge in [-0.2, -0.15) is 9.49 Å². The number of thiophene rings is 1. The van der Waals surface area contributed by atoms with Crippen LogP contribution in [0.2, 0.25) is 0 Å². The SMILES string of the molecule is CCC(=O)Nc1cncc(-c2cnc3[nH]nc(-c4nc5c(-c6ccc(F)s6)ccnc5[nH]4)c3c2)c1. The number of nitrogens with zero attached hydrogens (tertiary/aromatic N) is 5. The summed E-state index contributed by atoms with van der Waals surface area (Å²) < 4.78 is 13.6. The van der Waals surface area contributed by atoms with E-state index < -0.39 is 0 Å². The largest absolute Gasteiger partial charge is 0.325 e. The van der Waals surface area contributed by atoms with E-state index in [2.05, 4.69) is 35.5 Å². The maximum absolute atomic E-state index is 13.6. The van der Waals surface area contributed by atoms with Gasteiger partial charge >= 0.3 is 0 Å². The first-order chi connectivity index (χ1) is 17.1. The molecule has 1 amide bonds. The Hall–Kier alpha value is -4.51. The minimum atomic E-state index is -0.259. The van der Waals surface area contributed by atoms with Crippen molar-refractivity contribution in [2.24, 2.45) is 0 Å². The van der Waals surface area contributed by atoms with Gasteiger partial charge in [-0.25, -0.2) is 15.0 Å². The molecule has 0 saturated heterocycles. The van der Waals surface area contributed by atoms with Crippen LogP contribution in [0.3, 0.4) is 0 Å². The van der Waals surface area contributed by atoms with Crippen LogP contribution in [0.1, 0.15) is 13.3 Å². The maximum atomic E-state index is 13.6. The molecular formula is C24H17FN8OS. The number of hydrogen-bond donors (Lipinski definition) is 3. The Morgan fingerprint density at radius 3 is 2.80 bits per heavy atom. The minimum absolute atomic E-state index is 0.0854. The standard InChI is InChI=1S/C24H17FN8OS/c1-2-19(34)29-14-7-12(9-26-11-14)13-8-16-21(32-33-22(16)28-10-13)24-30-20-15(5-6-27-23(20)31-24)17-3-4-18(25)35-17/h3-11H,2H2,1H3,(H,29,34)(H,27,30,31)(H,28,32,33). The Balaban J connectivity index is 1.43. The lowest BCUT2D eigenvalue weighted by Crippen LogP contribution is -2.09. The van der Waals surface area contributed by atoms with Crippen molar-refractivity contribution in [2.45, 2.75) is 13.3 Å². The third kappa shape index (κ3) is 3.81. The van der Waals surface area contributed by atoms with E-state index in [9.17, 15) is 9.18 Å². The minimum Gasteiger partial charge on any atom is -0.325 e. The summed E-state index contributed by atoms with van der Waals surface area (Å²) in [5.41, 5.74) is 5.41. The molecule has 0 aliphatic rings. The second kappa shape index (κ2) is 8.37. The van der Waals surface area contributed by atoms with Crippen LogP contribution in [0.25, 0.3) is 55.3 Å². The number of aromatic amines is 2. The summed E-state index contributed by atoms with van der Waals surface area (Å²) in [5, 5.41) is 10.7. The van der Waals surface area contributed by atoms with Gasteiger partial charge in [-0.1, -0.05) is 6.92 Å². The fourth-order valence-electron chi connectivity index (χ4n) is 3.84. The molecule has 6 rings (SSSR count). The highest BCUT2D eigenvalue weighted by molar-refractivity contribution is 7.14. The first kappa shape index (κ1) is 21.1. The number of halogens is 1. The molecule has 0 fully saturated rings. The van der Waals surface area contributed by atoms with Crippen LogP contribution < -0.4 is 5.32 Å². The van der Waals surface area contributed by atoms with E-state index in [1.165, 1.54) is 6.07 Å². The summed E-state index contributed by atoms with van der Waals surface area (Å²) in [5.74, 6) is 0.432. The van der Waals surface area contributed by atoms with Crippen molar-refractivity contribution < 1.29 is 9.18 Å². The van der Waals surface area contributed by atoms with E-state index in [1.54, 1.807) is 37.8 Å². The van der Waals surface area contributed by atoms with E-state index in [0.717, 1.165) is 38.3 Å². The molecule has 6 aromatic rings. The lowest BCUT2D eigenvalue weighted by Gasteiger charge is -2.06. The molecule has 0 aliphatic carbocycles. The van der Waals surface area contributed by atoms with E-state index >= 15 is 0 Å². The van der Waals surface area contributed by atoms with Gasteiger partial charge in [-0.3, -0.25) is 14.9 Å². The zero-order valence-corrected chi connectivity index (χ0v) is 19.2. The number of aromatic nitrogens is 7. The summed E-state index contributed by atoms with van der Waals surface area (Å²) in [6.07, 6.45) is 7.07. The first-order valence-corrected chi connectivity index (χ1v) is 11.6. The third-order valence-electron chi connectivity index (χ3n) is 5.54. The van der Waals surface area contributed by atoms with E-state index in [-0.39, 0.29) is 11.0 Å². The molecule has 3 N–H and O–H groups in total. The van der Waals surface area contributed by atoms with Gasteiger partial charge in [0, 0.05) is 46.6 Å². The summed E-state index contributed by atoms with van der Waals surface area (Å²) in [6, 6.07) is 8.78. The monoisotopic (exact) mass is 484 g/mol. The number of pyridine rings is 3. The normalized spacial score (nSPS) is 11.4. The van der Waals surface area contributed by atoms with Gasteiger partial charge in [0.05, 0.1) is 17.3 Å². The fraction of sp³-hybridized carbons (Fsp3) is 0.0833. The number of fused-ring (bicyclic) bond motifs is 2. The third-order valence-corrected chi connectivity index (χ3v) is 6.45. The van der Waals surface area contributed by atoms with E-state index in [0.29, 0.717) is 40.4 Å². The second-order valence-electron chi connectivity index (χ2n) is 7.80. The van der Waals surface area contributed by atoms with E-state index in [1.807, 2.05) is 18.2 Å². The van der Waals surface area contributed by atoms with Crippen LogP contribution in [0.4, 0.5) is 10.1 Å². The summed E-state index contributed by atoms with van der Waals surface area (Å²) in [4.78, 5) is 33.6. The summed E-state index contributed by atoms with van der Waals surface area (Å²) >= 11 is 1.06. The highest BCUT2D eigenvalue weighted by atomic mass is 32.1. The molecule has 0 saturated carbocycles. The van der Waals surface area contributed by atoms with E-state index in [4.69, 9.17) is 4.98 Å². The lowest BCUT2D eigenvalue weighted by molar-refractivity contribution is -0.115. The Labute approximate surface area is 201 Å². The van der Waals surface area contributed by atoms with Gasteiger partial charge in [0.25, 0.3) is 0 Å². The molecule has 0 aliphatic heterocycles. The first-order valence-electron chi connectivity index (χ1n) is 10.8. The Bertz CT molecular complexity index is 1720. The quantitative estimate of drug-likeness (QED) is 0.310. The van der Waals surface area contributed by atoms with Gasteiger partial charge in [-0.15, -0.1) is 11.3 Å². The molecule has 9 nitrogen and oxygen atoms in total. The Kier molecular flexibility index (Phi) is 5.03. The number of amides is 1. The van der Waals surface area contributed by atoms with Gasteiger partial charge in [0.2, 0.25) is 5.91 Å². The molecule has 0 unspecified atom stereocenters. The Morgan fingerprint density at radius 1 is 1.09 bits per heavy atom. The number of rotatable bonds is 5. The van der Waals surface area contributed by atoms with Gasteiger partial charge in [0.1, 0.15) is 11.2 Å². The van der Waals surface area contributed by atoms with Crippen LogP contribution >= 0.6 is 11.3 Å². The molecule has 0 radical (unpaired) electrons. The fourth-order valence-corrected chi connectivity index (χ4v) is 4.59.